The number of amides is 2. The molecule has 0 aromatic carbocycles. The molecule has 1 aromatic heterocycles. The molecule has 16 heavy (non-hydrogen) atoms. The summed E-state index contributed by atoms with van der Waals surface area (Å²) in [5.74, 6) is -0.370. The van der Waals surface area contributed by atoms with Gasteiger partial charge in [-0.2, -0.15) is 0 Å². The molecule has 0 spiro atoms. The Morgan fingerprint density at radius 1 is 1.62 bits per heavy atom. The largest absolute Gasteiger partial charge is 0.464 e. The summed E-state index contributed by atoms with van der Waals surface area (Å²) in [4.78, 5) is 26.2. The lowest BCUT2D eigenvalue weighted by Gasteiger charge is -2.21. The Labute approximate surface area is 96.9 Å². The van der Waals surface area contributed by atoms with Gasteiger partial charge in [-0.1, -0.05) is 13.8 Å². The molecule has 0 aliphatic carbocycles. The van der Waals surface area contributed by atoms with E-state index in [1.807, 2.05) is 13.8 Å². The Balaban J connectivity index is 2.62. The van der Waals surface area contributed by atoms with Crippen LogP contribution >= 0.6 is 11.3 Å². The zero-order valence-electron chi connectivity index (χ0n) is 9.01. The minimum absolute atomic E-state index is 0.132. The molecule has 0 saturated heterocycles. The van der Waals surface area contributed by atoms with Crippen LogP contribution in [0.5, 0.6) is 0 Å². The Bertz CT molecular complexity index is 364. The molecule has 0 aliphatic rings. The van der Waals surface area contributed by atoms with Crippen LogP contribution in [0, 0.1) is 5.92 Å². The number of nitrogens with zero attached hydrogens (tertiary/aromatic N) is 2. The van der Waals surface area contributed by atoms with Crippen molar-refractivity contribution in [3.8, 4) is 0 Å². The number of carbonyl (C=O) groups excluding carboxylic acids is 1. The minimum atomic E-state index is -1.18. The highest BCUT2D eigenvalue weighted by molar-refractivity contribution is 7.11. The third-order valence-electron chi connectivity index (χ3n) is 1.64. The molecular formula is C9H13N3O3S. The third kappa shape index (κ3) is 3.50. The third-order valence-corrected chi connectivity index (χ3v) is 2.41. The summed E-state index contributed by atoms with van der Waals surface area (Å²) < 4.78 is 0. The van der Waals surface area contributed by atoms with Gasteiger partial charge in [0.1, 0.15) is 0 Å². The zero-order chi connectivity index (χ0) is 12.1. The van der Waals surface area contributed by atoms with Gasteiger partial charge in [-0.25, -0.2) is 14.8 Å². The fourth-order valence-electron chi connectivity index (χ4n) is 1.04. The van der Waals surface area contributed by atoms with Crippen molar-refractivity contribution in [3.63, 3.8) is 0 Å². The first-order chi connectivity index (χ1) is 7.50. The lowest BCUT2D eigenvalue weighted by molar-refractivity contribution is 0.0731. The molecule has 1 rings (SSSR count). The number of carbonyl (C=O) groups is 2. The second-order valence-electron chi connectivity index (χ2n) is 3.57. The van der Waals surface area contributed by atoms with Crippen molar-refractivity contribution in [2.24, 2.45) is 5.92 Å². The van der Waals surface area contributed by atoms with Crippen molar-refractivity contribution < 1.29 is 14.7 Å². The van der Waals surface area contributed by atoms with E-state index in [2.05, 4.69) is 10.4 Å². The number of aromatic nitrogens is 1. The SMILES string of the molecule is CC(C)CN(NC(=O)c1nccs1)C(=O)O. The van der Waals surface area contributed by atoms with Crippen molar-refractivity contribution >= 4 is 23.3 Å². The average molecular weight is 243 g/mol. The number of hydrogen-bond donors (Lipinski definition) is 2. The quantitative estimate of drug-likeness (QED) is 0.786. The summed E-state index contributed by atoms with van der Waals surface area (Å²) in [6, 6.07) is 0. The molecule has 1 heterocycles. The predicted molar refractivity (Wildman–Crippen MR) is 59.1 cm³/mol. The van der Waals surface area contributed by atoms with Crippen LogP contribution in [0.4, 0.5) is 4.79 Å². The Hall–Kier alpha value is -1.63. The van der Waals surface area contributed by atoms with E-state index in [9.17, 15) is 9.59 Å². The van der Waals surface area contributed by atoms with Crippen LogP contribution in [-0.4, -0.2) is 33.6 Å². The second-order valence-corrected chi connectivity index (χ2v) is 4.46. The maximum atomic E-state index is 11.5. The molecule has 7 heteroatoms. The Morgan fingerprint density at radius 2 is 2.31 bits per heavy atom. The second kappa shape index (κ2) is 5.45. The molecule has 0 unspecified atom stereocenters. The Kier molecular flexibility index (Phi) is 4.24. The normalized spacial score (nSPS) is 10.2. The molecule has 0 atom stereocenters. The lowest BCUT2D eigenvalue weighted by Crippen LogP contribution is -2.47. The highest BCUT2D eigenvalue weighted by Crippen LogP contribution is 2.04. The smallest absolute Gasteiger partial charge is 0.426 e. The van der Waals surface area contributed by atoms with Crippen LogP contribution < -0.4 is 5.43 Å². The highest BCUT2D eigenvalue weighted by Gasteiger charge is 2.18. The van der Waals surface area contributed by atoms with Crippen LogP contribution in [-0.2, 0) is 0 Å². The van der Waals surface area contributed by atoms with Crippen LogP contribution in [0.1, 0.15) is 23.6 Å². The van der Waals surface area contributed by atoms with Gasteiger partial charge in [0, 0.05) is 18.1 Å². The van der Waals surface area contributed by atoms with Gasteiger partial charge in [-0.05, 0) is 5.92 Å². The van der Waals surface area contributed by atoms with Gasteiger partial charge < -0.3 is 5.11 Å². The number of rotatable bonds is 3. The first kappa shape index (κ1) is 12.4. The van der Waals surface area contributed by atoms with Crippen molar-refractivity contribution in [1.29, 1.82) is 0 Å². The molecule has 0 radical (unpaired) electrons. The summed E-state index contributed by atoms with van der Waals surface area (Å²) in [7, 11) is 0. The molecule has 1 aromatic rings. The number of hydrazine groups is 1. The molecule has 0 fully saturated rings. The van der Waals surface area contributed by atoms with E-state index >= 15 is 0 Å². The van der Waals surface area contributed by atoms with Gasteiger partial charge >= 0.3 is 6.09 Å². The van der Waals surface area contributed by atoms with E-state index in [0.29, 0.717) is 0 Å². The van der Waals surface area contributed by atoms with Crippen LogP contribution in [0.15, 0.2) is 11.6 Å². The molecule has 2 N–H and O–H groups in total. The zero-order valence-corrected chi connectivity index (χ0v) is 9.82. The summed E-state index contributed by atoms with van der Waals surface area (Å²) in [5, 5.41) is 11.6. The predicted octanol–water partition coefficient (Wildman–Crippen LogP) is 1.42. The van der Waals surface area contributed by atoms with E-state index in [4.69, 9.17) is 5.11 Å². The minimum Gasteiger partial charge on any atom is -0.464 e. The fourth-order valence-corrected chi connectivity index (χ4v) is 1.57. The van der Waals surface area contributed by atoms with E-state index < -0.39 is 12.0 Å². The number of nitrogens with one attached hydrogen (secondary N) is 1. The first-order valence-corrected chi connectivity index (χ1v) is 5.59. The molecule has 0 aliphatic heterocycles. The topological polar surface area (TPSA) is 82.5 Å². The van der Waals surface area contributed by atoms with Crippen molar-refractivity contribution in [1.82, 2.24) is 15.4 Å². The van der Waals surface area contributed by atoms with Crippen molar-refractivity contribution in [2.75, 3.05) is 6.54 Å². The maximum absolute atomic E-state index is 11.5. The highest BCUT2D eigenvalue weighted by atomic mass is 32.1. The van der Waals surface area contributed by atoms with Crippen LogP contribution in [0.3, 0.4) is 0 Å². The summed E-state index contributed by atoms with van der Waals surface area (Å²) >= 11 is 1.16. The Morgan fingerprint density at radius 3 is 2.75 bits per heavy atom. The standard InChI is InChI=1S/C9H13N3O3S/c1-6(2)5-12(9(14)15)11-7(13)8-10-3-4-16-8/h3-4,6H,5H2,1-2H3,(H,11,13)(H,14,15). The summed E-state index contributed by atoms with van der Waals surface area (Å²) in [5.41, 5.74) is 2.29. The van der Waals surface area contributed by atoms with E-state index in [1.54, 1.807) is 5.38 Å². The van der Waals surface area contributed by atoms with E-state index in [0.717, 1.165) is 16.3 Å². The first-order valence-electron chi connectivity index (χ1n) is 4.71. The van der Waals surface area contributed by atoms with E-state index in [-0.39, 0.29) is 17.5 Å². The van der Waals surface area contributed by atoms with Gasteiger partial charge in [0.05, 0.1) is 0 Å². The van der Waals surface area contributed by atoms with Gasteiger partial charge in [-0.15, -0.1) is 11.3 Å². The number of thiazole rings is 1. The lowest BCUT2D eigenvalue weighted by atomic mass is 10.2. The molecule has 0 saturated carbocycles. The molecule has 2 amide bonds. The van der Waals surface area contributed by atoms with Gasteiger partial charge in [0.15, 0.2) is 5.01 Å². The number of hydrogen-bond acceptors (Lipinski definition) is 4. The molecule has 6 nitrogen and oxygen atoms in total. The van der Waals surface area contributed by atoms with Crippen molar-refractivity contribution in [2.45, 2.75) is 13.8 Å². The summed E-state index contributed by atoms with van der Waals surface area (Å²) in [6.07, 6.45) is 0.311. The van der Waals surface area contributed by atoms with Crippen LogP contribution in [0.2, 0.25) is 0 Å². The average Bonchev–Trinajstić information content (AvgIpc) is 2.68. The monoisotopic (exact) mass is 243 g/mol. The van der Waals surface area contributed by atoms with Crippen LogP contribution in [0.25, 0.3) is 0 Å². The molecule has 0 bridgehead atoms. The van der Waals surface area contributed by atoms with Gasteiger partial charge in [0.2, 0.25) is 0 Å². The van der Waals surface area contributed by atoms with Gasteiger partial charge in [-0.3, -0.25) is 10.2 Å². The maximum Gasteiger partial charge on any atom is 0.426 e. The fraction of sp³-hybridized carbons (Fsp3) is 0.444. The van der Waals surface area contributed by atoms with Crippen molar-refractivity contribution in [3.05, 3.63) is 16.6 Å². The number of carboxylic acid groups (broad SMARTS) is 1. The molecule has 88 valence electrons. The summed E-state index contributed by atoms with van der Waals surface area (Å²) in [6.45, 7) is 3.98. The van der Waals surface area contributed by atoms with Gasteiger partial charge in [0.25, 0.3) is 5.91 Å². The van der Waals surface area contributed by atoms with E-state index in [1.165, 1.54) is 6.20 Å². The molecular weight excluding hydrogens is 230 g/mol.